The van der Waals surface area contributed by atoms with Gasteiger partial charge in [0.1, 0.15) is 23.0 Å². The molecule has 170 valence electrons. The number of methoxy groups -OCH3 is 4. The lowest BCUT2D eigenvalue weighted by atomic mass is 10.1. The molecule has 0 unspecified atom stereocenters. The Bertz CT molecular complexity index is 990. The Morgan fingerprint density at radius 2 is 1.56 bits per heavy atom. The normalized spacial score (nSPS) is 10.8. The number of hydrogen-bond donors (Lipinski definition) is 3. The standard InChI is InChI=1S/C23H26N2O7/c1-29-16-13-20(31-3)17(21(14-16)32-4)8-10-22(26)25-15-7-9-19(30-2)18(12-15)24-11-5-6-23(27)28/h5-10,12-14,24H,11H2,1-4H3,(H,25,26)(H,27,28)/b6-5?,10-8+. The van der Waals surface area contributed by atoms with E-state index < -0.39 is 5.97 Å². The van der Waals surface area contributed by atoms with Gasteiger partial charge in [-0.1, -0.05) is 6.08 Å². The van der Waals surface area contributed by atoms with Crippen molar-refractivity contribution in [2.24, 2.45) is 0 Å². The van der Waals surface area contributed by atoms with Gasteiger partial charge in [-0.2, -0.15) is 0 Å². The van der Waals surface area contributed by atoms with E-state index in [0.29, 0.717) is 39.9 Å². The molecule has 0 saturated heterocycles. The molecule has 2 aromatic carbocycles. The predicted octanol–water partition coefficient (Wildman–Crippen LogP) is 3.43. The number of carboxylic acid groups (broad SMARTS) is 1. The minimum Gasteiger partial charge on any atom is -0.496 e. The maximum Gasteiger partial charge on any atom is 0.328 e. The van der Waals surface area contributed by atoms with E-state index in [2.05, 4.69) is 10.6 Å². The highest BCUT2D eigenvalue weighted by molar-refractivity contribution is 6.02. The van der Waals surface area contributed by atoms with Gasteiger partial charge in [0.25, 0.3) is 0 Å². The van der Waals surface area contributed by atoms with Gasteiger partial charge in [-0.05, 0) is 24.3 Å². The van der Waals surface area contributed by atoms with Gasteiger partial charge in [0, 0.05) is 36.5 Å². The second kappa shape index (κ2) is 11.9. The summed E-state index contributed by atoms with van der Waals surface area (Å²) in [6.07, 6.45) is 5.45. The lowest BCUT2D eigenvalue weighted by molar-refractivity contribution is -0.131. The Morgan fingerprint density at radius 3 is 2.12 bits per heavy atom. The SMILES string of the molecule is COc1cc(OC)c(/C=C/C(=O)Nc2ccc(OC)c(NCC=CC(=O)O)c2)c(OC)c1. The molecule has 0 saturated carbocycles. The van der Waals surface area contributed by atoms with Gasteiger partial charge in [0.15, 0.2) is 0 Å². The summed E-state index contributed by atoms with van der Waals surface area (Å²) in [6, 6.07) is 8.46. The van der Waals surface area contributed by atoms with Crippen LogP contribution in [0.5, 0.6) is 23.0 Å². The van der Waals surface area contributed by atoms with E-state index in [1.807, 2.05) is 0 Å². The van der Waals surface area contributed by atoms with Gasteiger partial charge < -0.3 is 34.7 Å². The van der Waals surface area contributed by atoms with Gasteiger partial charge in [-0.15, -0.1) is 0 Å². The minimum absolute atomic E-state index is 0.275. The number of rotatable bonds is 11. The third-order valence-electron chi connectivity index (χ3n) is 4.29. The molecule has 0 aliphatic heterocycles. The molecule has 0 bridgehead atoms. The van der Waals surface area contributed by atoms with Crippen molar-refractivity contribution in [3.8, 4) is 23.0 Å². The number of carbonyl (C=O) groups excluding carboxylic acids is 1. The van der Waals surface area contributed by atoms with Crippen molar-refractivity contribution in [3.63, 3.8) is 0 Å². The summed E-state index contributed by atoms with van der Waals surface area (Å²) in [5, 5.41) is 14.5. The fourth-order valence-electron chi connectivity index (χ4n) is 2.79. The molecule has 0 spiro atoms. The smallest absolute Gasteiger partial charge is 0.328 e. The zero-order valence-electron chi connectivity index (χ0n) is 18.3. The molecule has 2 rings (SSSR count). The van der Waals surface area contributed by atoms with Crippen LogP contribution in [0.3, 0.4) is 0 Å². The van der Waals surface area contributed by atoms with Crippen LogP contribution in [0.15, 0.2) is 48.6 Å². The average Bonchev–Trinajstić information content (AvgIpc) is 2.79. The molecule has 9 nitrogen and oxygen atoms in total. The molecular weight excluding hydrogens is 416 g/mol. The van der Waals surface area contributed by atoms with Gasteiger partial charge >= 0.3 is 5.97 Å². The summed E-state index contributed by atoms with van der Waals surface area (Å²) in [6.45, 7) is 0.275. The Labute approximate surface area is 186 Å². The van der Waals surface area contributed by atoms with E-state index in [1.54, 1.807) is 36.4 Å². The molecule has 9 heteroatoms. The third-order valence-corrected chi connectivity index (χ3v) is 4.29. The Balaban J connectivity index is 2.17. The van der Waals surface area contributed by atoms with Gasteiger partial charge in [0.05, 0.1) is 39.7 Å². The number of aliphatic carboxylic acids is 1. The highest BCUT2D eigenvalue weighted by atomic mass is 16.5. The highest BCUT2D eigenvalue weighted by Gasteiger charge is 2.12. The van der Waals surface area contributed by atoms with Crippen molar-refractivity contribution < 1.29 is 33.6 Å². The van der Waals surface area contributed by atoms with Gasteiger partial charge in [-0.3, -0.25) is 4.79 Å². The first-order valence-corrected chi connectivity index (χ1v) is 9.52. The van der Waals surface area contributed by atoms with Crippen LogP contribution in [0, 0.1) is 0 Å². The fourth-order valence-corrected chi connectivity index (χ4v) is 2.79. The molecule has 2 aromatic rings. The maximum atomic E-state index is 12.5. The number of ether oxygens (including phenoxy) is 4. The molecule has 3 N–H and O–H groups in total. The van der Waals surface area contributed by atoms with Crippen molar-refractivity contribution >= 4 is 29.3 Å². The first-order valence-electron chi connectivity index (χ1n) is 9.52. The van der Waals surface area contributed by atoms with Gasteiger partial charge in [-0.25, -0.2) is 4.79 Å². The van der Waals surface area contributed by atoms with E-state index in [9.17, 15) is 9.59 Å². The number of nitrogens with one attached hydrogen (secondary N) is 2. The summed E-state index contributed by atoms with van der Waals surface area (Å²) in [5.74, 6) is 0.710. The van der Waals surface area contributed by atoms with Crippen molar-refractivity contribution in [1.82, 2.24) is 0 Å². The molecule has 0 aliphatic carbocycles. The molecule has 0 aromatic heterocycles. The van der Waals surface area contributed by atoms with Crippen molar-refractivity contribution in [2.45, 2.75) is 0 Å². The quantitative estimate of drug-likeness (QED) is 0.454. The molecule has 32 heavy (non-hydrogen) atoms. The monoisotopic (exact) mass is 442 g/mol. The summed E-state index contributed by atoms with van der Waals surface area (Å²) < 4.78 is 21.3. The molecule has 0 atom stereocenters. The first-order chi connectivity index (χ1) is 15.4. The molecule has 0 fully saturated rings. The Kier molecular flexibility index (Phi) is 8.97. The van der Waals surface area contributed by atoms with Crippen molar-refractivity contribution in [1.29, 1.82) is 0 Å². The van der Waals surface area contributed by atoms with Crippen LogP contribution in [-0.4, -0.2) is 52.0 Å². The van der Waals surface area contributed by atoms with Crippen molar-refractivity contribution in [2.75, 3.05) is 45.6 Å². The van der Waals surface area contributed by atoms with E-state index in [0.717, 1.165) is 6.08 Å². The predicted molar refractivity (Wildman–Crippen MR) is 122 cm³/mol. The van der Waals surface area contributed by atoms with Crippen LogP contribution in [0.25, 0.3) is 6.08 Å². The number of anilines is 2. The largest absolute Gasteiger partial charge is 0.496 e. The highest BCUT2D eigenvalue weighted by Crippen LogP contribution is 2.35. The summed E-state index contributed by atoms with van der Waals surface area (Å²) in [7, 11) is 6.09. The zero-order valence-corrected chi connectivity index (χ0v) is 18.3. The van der Waals surface area contributed by atoms with E-state index in [1.165, 1.54) is 40.6 Å². The second-order valence-corrected chi connectivity index (χ2v) is 6.30. The number of carbonyl (C=O) groups is 2. The van der Waals surface area contributed by atoms with E-state index in [4.69, 9.17) is 24.1 Å². The molecule has 0 radical (unpaired) electrons. The Morgan fingerprint density at radius 1 is 0.906 bits per heavy atom. The topological polar surface area (TPSA) is 115 Å². The van der Waals surface area contributed by atoms with E-state index in [-0.39, 0.29) is 12.5 Å². The summed E-state index contributed by atoms with van der Waals surface area (Å²) >= 11 is 0. The number of amides is 1. The number of carboxylic acids is 1. The maximum absolute atomic E-state index is 12.5. The summed E-state index contributed by atoms with van der Waals surface area (Å²) in [4.78, 5) is 23.0. The van der Waals surface area contributed by atoms with Crippen LogP contribution in [0.2, 0.25) is 0 Å². The number of benzene rings is 2. The number of hydrogen-bond acceptors (Lipinski definition) is 7. The fraction of sp³-hybridized carbons (Fsp3) is 0.217. The molecular formula is C23H26N2O7. The summed E-state index contributed by atoms with van der Waals surface area (Å²) in [5.41, 5.74) is 1.72. The minimum atomic E-state index is -1.03. The lowest BCUT2D eigenvalue weighted by Crippen LogP contribution is -2.09. The van der Waals surface area contributed by atoms with Crippen molar-refractivity contribution in [3.05, 3.63) is 54.1 Å². The van der Waals surface area contributed by atoms with E-state index >= 15 is 0 Å². The lowest BCUT2D eigenvalue weighted by Gasteiger charge is -2.13. The zero-order chi connectivity index (χ0) is 23.5. The first kappa shape index (κ1) is 24.1. The van der Waals surface area contributed by atoms with Crippen LogP contribution >= 0.6 is 0 Å². The van der Waals surface area contributed by atoms with Crippen LogP contribution in [-0.2, 0) is 9.59 Å². The second-order valence-electron chi connectivity index (χ2n) is 6.30. The van der Waals surface area contributed by atoms with Crippen LogP contribution in [0.4, 0.5) is 11.4 Å². The molecule has 0 heterocycles. The molecule has 0 aliphatic rings. The van der Waals surface area contributed by atoms with Gasteiger partial charge in [0.2, 0.25) is 5.91 Å². The van der Waals surface area contributed by atoms with Crippen LogP contribution in [0.1, 0.15) is 5.56 Å². The van der Waals surface area contributed by atoms with Crippen LogP contribution < -0.4 is 29.6 Å². The average molecular weight is 442 g/mol. The Hall–Kier alpha value is -4.14. The third kappa shape index (κ3) is 6.69. The molecule has 1 amide bonds.